The van der Waals surface area contributed by atoms with E-state index in [0.29, 0.717) is 26.1 Å². The lowest BCUT2D eigenvalue weighted by molar-refractivity contribution is -0.142. The molecule has 21 heavy (non-hydrogen) atoms. The fourth-order valence-corrected chi connectivity index (χ4v) is 3.63. The van der Waals surface area contributed by atoms with Crippen LogP contribution in [0.3, 0.4) is 0 Å². The number of carbonyl (C=O) groups is 1. The van der Waals surface area contributed by atoms with E-state index >= 15 is 0 Å². The van der Waals surface area contributed by atoms with E-state index in [-0.39, 0.29) is 17.2 Å². The van der Waals surface area contributed by atoms with Crippen LogP contribution in [0.1, 0.15) is 46.0 Å². The summed E-state index contributed by atoms with van der Waals surface area (Å²) in [6, 6.07) is 0. The van der Waals surface area contributed by atoms with Gasteiger partial charge in [-0.05, 0) is 37.5 Å². The van der Waals surface area contributed by atoms with Gasteiger partial charge in [0.1, 0.15) is 5.41 Å². The average molecular weight is 297 g/mol. The van der Waals surface area contributed by atoms with Crippen LogP contribution < -0.4 is 5.73 Å². The molecule has 6 heteroatoms. The van der Waals surface area contributed by atoms with Crippen LogP contribution in [0.5, 0.6) is 0 Å². The van der Waals surface area contributed by atoms with Crippen LogP contribution in [0.25, 0.3) is 0 Å². The molecule has 2 saturated heterocycles. The molecule has 2 heterocycles. The van der Waals surface area contributed by atoms with Crippen LogP contribution in [0, 0.1) is 10.8 Å². The molecule has 1 amide bonds. The minimum absolute atomic E-state index is 0.00451. The molecule has 0 saturated carbocycles. The zero-order chi connectivity index (χ0) is 15.5. The zero-order valence-corrected chi connectivity index (χ0v) is 13.1. The van der Waals surface area contributed by atoms with Crippen LogP contribution >= 0.6 is 0 Å². The summed E-state index contributed by atoms with van der Waals surface area (Å²) in [5.41, 5.74) is 5.23. The number of likely N-dealkylation sites (tertiary alicyclic amines) is 1. The number of nitrogens with zero attached hydrogens (tertiary/aromatic N) is 2. The molecule has 0 aromatic rings. The highest BCUT2D eigenvalue weighted by Gasteiger charge is 2.49. The quantitative estimate of drug-likeness (QED) is 0.357. The summed E-state index contributed by atoms with van der Waals surface area (Å²) in [7, 11) is 0. The molecule has 2 aliphatic rings. The third-order valence-corrected chi connectivity index (χ3v) is 5.58. The van der Waals surface area contributed by atoms with Crippen molar-refractivity contribution in [3.05, 3.63) is 0 Å². The van der Waals surface area contributed by atoms with Crippen molar-refractivity contribution in [3.63, 3.8) is 0 Å². The Balaban J connectivity index is 2.20. The minimum atomic E-state index is -0.884. The average Bonchev–Trinajstić information content (AvgIpc) is 2.99. The molecule has 2 rings (SSSR count). The summed E-state index contributed by atoms with van der Waals surface area (Å²) in [4.78, 5) is 15.0. The Hall–Kier alpha value is -1.30. The fraction of sp³-hybridized carbons (Fsp3) is 0.867. The van der Waals surface area contributed by atoms with Crippen LogP contribution in [-0.4, -0.2) is 48.2 Å². The molecule has 2 aliphatic heterocycles. The third kappa shape index (κ3) is 2.73. The van der Waals surface area contributed by atoms with E-state index < -0.39 is 5.41 Å². The van der Waals surface area contributed by atoms with Gasteiger partial charge in [-0.3, -0.25) is 4.79 Å². The van der Waals surface area contributed by atoms with E-state index in [0.717, 1.165) is 32.4 Å². The van der Waals surface area contributed by atoms with Crippen molar-refractivity contribution in [2.45, 2.75) is 46.0 Å². The van der Waals surface area contributed by atoms with Crippen molar-refractivity contribution >= 4 is 11.7 Å². The fourth-order valence-electron chi connectivity index (χ4n) is 3.63. The molecule has 0 atom stereocenters. The summed E-state index contributed by atoms with van der Waals surface area (Å²) in [6.45, 7) is 6.86. The molecular weight excluding hydrogens is 270 g/mol. The van der Waals surface area contributed by atoms with Gasteiger partial charge in [0, 0.05) is 26.3 Å². The van der Waals surface area contributed by atoms with Crippen molar-refractivity contribution in [1.82, 2.24) is 4.90 Å². The molecule has 2 fully saturated rings. The topological polar surface area (TPSA) is 88.2 Å². The lowest BCUT2D eigenvalue weighted by atomic mass is 9.77. The van der Waals surface area contributed by atoms with E-state index in [1.165, 1.54) is 0 Å². The van der Waals surface area contributed by atoms with Gasteiger partial charge >= 0.3 is 0 Å². The standard InChI is InChI=1S/C15H27N3O3/c1-3-14(4-2)5-8-18(11-14)13(19)15(12(16)17-20)6-9-21-10-7-15/h20H,3-11H2,1-2H3,(H2,16,17). The Labute approximate surface area is 126 Å². The molecule has 120 valence electrons. The molecule has 0 radical (unpaired) electrons. The molecule has 0 aliphatic carbocycles. The molecule has 0 bridgehead atoms. The molecule has 0 aromatic carbocycles. The van der Waals surface area contributed by atoms with Gasteiger partial charge < -0.3 is 20.6 Å². The van der Waals surface area contributed by atoms with Crippen molar-refractivity contribution in [1.29, 1.82) is 0 Å². The van der Waals surface area contributed by atoms with E-state index in [1.807, 2.05) is 4.90 Å². The summed E-state index contributed by atoms with van der Waals surface area (Å²) < 4.78 is 5.35. The van der Waals surface area contributed by atoms with Gasteiger partial charge in [-0.2, -0.15) is 0 Å². The number of rotatable bonds is 4. The summed E-state index contributed by atoms with van der Waals surface area (Å²) in [5.74, 6) is 0.0335. The van der Waals surface area contributed by atoms with E-state index in [1.54, 1.807) is 0 Å². The Morgan fingerprint density at radius 3 is 2.38 bits per heavy atom. The summed E-state index contributed by atoms with van der Waals surface area (Å²) in [6.07, 6.45) is 4.17. The number of oxime groups is 1. The number of amides is 1. The summed E-state index contributed by atoms with van der Waals surface area (Å²) in [5, 5.41) is 12.2. The van der Waals surface area contributed by atoms with Crippen molar-refractivity contribution in [3.8, 4) is 0 Å². The van der Waals surface area contributed by atoms with Gasteiger partial charge in [0.15, 0.2) is 5.84 Å². The Morgan fingerprint density at radius 1 is 1.29 bits per heavy atom. The molecule has 3 N–H and O–H groups in total. The van der Waals surface area contributed by atoms with E-state index in [4.69, 9.17) is 15.7 Å². The first-order chi connectivity index (χ1) is 10.0. The summed E-state index contributed by atoms with van der Waals surface area (Å²) >= 11 is 0. The number of hydrogen-bond donors (Lipinski definition) is 2. The number of ether oxygens (including phenoxy) is 1. The van der Waals surface area contributed by atoms with Crippen molar-refractivity contribution in [2.24, 2.45) is 21.7 Å². The normalized spacial score (nSPS) is 25.0. The monoisotopic (exact) mass is 297 g/mol. The minimum Gasteiger partial charge on any atom is -0.409 e. The zero-order valence-electron chi connectivity index (χ0n) is 13.1. The van der Waals surface area contributed by atoms with Crippen molar-refractivity contribution in [2.75, 3.05) is 26.3 Å². The highest BCUT2D eigenvalue weighted by atomic mass is 16.5. The second kappa shape index (κ2) is 6.22. The lowest BCUT2D eigenvalue weighted by Gasteiger charge is -2.38. The van der Waals surface area contributed by atoms with Gasteiger partial charge in [0.05, 0.1) is 0 Å². The number of amidine groups is 1. The van der Waals surface area contributed by atoms with Gasteiger partial charge in [0.2, 0.25) is 5.91 Å². The number of hydrogen-bond acceptors (Lipinski definition) is 4. The predicted octanol–water partition coefficient (Wildman–Crippen LogP) is 1.57. The van der Waals surface area contributed by atoms with Gasteiger partial charge in [-0.15, -0.1) is 0 Å². The highest BCUT2D eigenvalue weighted by molar-refractivity contribution is 6.06. The first kappa shape index (κ1) is 16.1. The van der Waals surface area contributed by atoms with Crippen LogP contribution in [-0.2, 0) is 9.53 Å². The molecular formula is C15H27N3O3. The maximum absolute atomic E-state index is 13.0. The van der Waals surface area contributed by atoms with E-state index in [9.17, 15) is 4.79 Å². The van der Waals surface area contributed by atoms with Crippen LogP contribution in [0.4, 0.5) is 0 Å². The first-order valence-corrected chi connectivity index (χ1v) is 7.89. The Kier molecular flexibility index (Phi) is 4.76. The Bertz CT molecular complexity index is 412. The lowest BCUT2D eigenvalue weighted by Crippen LogP contribution is -2.53. The van der Waals surface area contributed by atoms with Crippen LogP contribution in [0.2, 0.25) is 0 Å². The second-order valence-electron chi connectivity index (χ2n) is 6.36. The van der Waals surface area contributed by atoms with Gasteiger partial charge in [-0.25, -0.2) is 0 Å². The predicted molar refractivity (Wildman–Crippen MR) is 80.1 cm³/mol. The SMILES string of the molecule is CCC1(CC)CCN(C(=O)C2(C(N)=NO)CCOCC2)C1. The van der Waals surface area contributed by atoms with E-state index in [2.05, 4.69) is 19.0 Å². The second-order valence-corrected chi connectivity index (χ2v) is 6.36. The Morgan fingerprint density at radius 2 is 1.90 bits per heavy atom. The molecule has 0 unspecified atom stereocenters. The number of carbonyl (C=O) groups excluding carboxylic acids is 1. The van der Waals surface area contributed by atoms with Crippen LogP contribution in [0.15, 0.2) is 5.16 Å². The first-order valence-electron chi connectivity index (χ1n) is 7.89. The maximum Gasteiger partial charge on any atom is 0.236 e. The third-order valence-electron chi connectivity index (χ3n) is 5.58. The molecule has 6 nitrogen and oxygen atoms in total. The largest absolute Gasteiger partial charge is 0.409 e. The molecule has 0 aromatic heterocycles. The van der Waals surface area contributed by atoms with Gasteiger partial charge in [-0.1, -0.05) is 19.0 Å². The maximum atomic E-state index is 13.0. The highest BCUT2D eigenvalue weighted by Crippen LogP contribution is 2.41. The number of nitrogens with two attached hydrogens (primary N) is 1. The van der Waals surface area contributed by atoms with Crippen molar-refractivity contribution < 1.29 is 14.7 Å². The van der Waals surface area contributed by atoms with Gasteiger partial charge in [0.25, 0.3) is 0 Å². The smallest absolute Gasteiger partial charge is 0.236 e. The molecule has 0 spiro atoms.